The number of nitrogens with one attached hydrogen (secondary N) is 1. The number of benzene rings is 2. The van der Waals surface area contributed by atoms with E-state index in [-0.39, 0.29) is 22.1 Å². The molecule has 27 heavy (non-hydrogen) atoms. The molecular weight excluding hydrogens is 411 g/mol. The van der Waals surface area contributed by atoms with Crippen molar-refractivity contribution in [1.29, 1.82) is 0 Å². The Morgan fingerprint density at radius 1 is 0.778 bits per heavy atom. The monoisotopic (exact) mass is 420 g/mol. The van der Waals surface area contributed by atoms with E-state index in [1.165, 1.54) is 6.07 Å². The van der Waals surface area contributed by atoms with Crippen molar-refractivity contribution in [1.82, 2.24) is 15.0 Å². The minimum Gasteiger partial charge on any atom is -0.423 e. The number of aromatic nitrogens is 3. The van der Waals surface area contributed by atoms with Crippen LogP contribution in [-0.2, 0) is 0 Å². The first-order valence-corrected chi connectivity index (χ1v) is 8.72. The van der Waals surface area contributed by atoms with E-state index < -0.39 is 0 Å². The largest absolute Gasteiger partial charge is 0.423 e. The van der Waals surface area contributed by atoms with Gasteiger partial charge in [0.2, 0.25) is 16.5 Å². The molecule has 136 valence electrons. The van der Waals surface area contributed by atoms with Crippen LogP contribution in [0.15, 0.2) is 69.9 Å². The molecule has 2 heterocycles. The third-order valence-corrected chi connectivity index (χ3v) is 3.90. The van der Waals surface area contributed by atoms with E-state index in [1.807, 2.05) is 30.3 Å². The minimum atomic E-state index is -0.302. The highest BCUT2D eigenvalue weighted by atomic mass is 35.5. The van der Waals surface area contributed by atoms with Crippen LogP contribution in [0, 0.1) is 0 Å². The van der Waals surface area contributed by atoms with Crippen molar-refractivity contribution in [2.45, 2.75) is 0 Å². The van der Waals surface area contributed by atoms with Crippen LogP contribution in [0.25, 0.3) is 11.0 Å². The number of rotatable bonds is 2. The molecule has 0 aliphatic heterocycles. The van der Waals surface area contributed by atoms with Crippen molar-refractivity contribution in [3.8, 4) is 0 Å². The summed E-state index contributed by atoms with van der Waals surface area (Å²) < 4.78 is 4.91. The Balaban J connectivity index is 0.000000166. The fourth-order valence-corrected chi connectivity index (χ4v) is 2.62. The zero-order chi connectivity index (χ0) is 19.2. The summed E-state index contributed by atoms with van der Waals surface area (Å²) >= 11 is 17.2. The predicted molar refractivity (Wildman–Crippen MR) is 107 cm³/mol. The highest BCUT2D eigenvalue weighted by Crippen LogP contribution is 2.23. The number of para-hydroxylation sites is 2. The Hall–Kier alpha value is -2.67. The van der Waals surface area contributed by atoms with Crippen molar-refractivity contribution in [2.75, 3.05) is 5.32 Å². The Morgan fingerprint density at radius 3 is 2.19 bits per heavy atom. The van der Waals surface area contributed by atoms with Gasteiger partial charge in [0.15, 0.2) is 0 Å². The van der Waals surface area contributed by atoms with Crippen molar-refractivity contribution < 1.29 is 4.42 Å². The van der Waals surface area contributed by atoms with Crippen LogP contribution in [0.1, 0.15) is 0 Å². The van der Waals surface area contributed by atoms with Gasteiger partial charge in [0.25, 0.3) is 0 Å². The molecule has 0 atom stereocenters. The molecule has 4 aromatic rings. The summed E-state index contributed by atoms with van der Waals surface area (Å²) in [6.07, 6.45) is 0. The minimum absolute atomic E-state index is 0.0227. The average molecular weight is 422 g/mol. The molecule has 0 saturated heterocycles. The topological polar surface area (TPSA) is 80.9 Å². The third-order valence-electron chi connectivity index (χ3n) is 3.23. The number of nitrogens with zero attached hydrogens (tertiary/aromatic N) is 3. The maximum absolute atomic E-state index is 10.7. The summed E-state index contributed by atoms with van der Waals surface area (Å²) in [6.45, 7) is 0. The molecule has 0 amide bonds. The molecule has 2 aromatic heterocycles. The van der Waals surface area contributed by atoms with E-state index in [0.29, 0.717) is 16.3 Å². The smallest absolute Gasteiger partial charge is 0.336 e. The molecule has 4 rings (SSSR count). The van der Waals surface area contributed by atoms with Crippen LogP contribution in [0.3, 0.4) is 0 Å². The highest BCUT2D eigenvalue weighted by Gasteiger charge is 2.05. The van der Waals surface area contributed by atoms with Gasteiger partial charge in [-0.05, 0) is 47.5 Å². The average Bonchev–Trinajstić information content (AvgIpc) is 2.63. The molecule has 0 aliphatic carbocycles. The van der Waals surface area contributed by atoms with Gasteiger partial charge in [-0.15, -0.1) is 0 Å². The molecule has 0 bridgehead atoms. The van der Waals surface area contributed by atoms with Gasteiger partial charge in [-0.2, -0.15) is 15.0 Å². The van der Waals surface area contributed by atoms with Gasteiger partial charge in [-0.25, -0.2) is 4.79 Å². The number of halogens is 3. The molecule has 0 saturated carbocycles. The number of hydrogen-bond donors (Lipinski definition) is 1. The lowest BCUT2D eigenvalue weighted by Gasteiger charge is -2.06. The second-order valence-electron chi connectivity index (χ2n) is 5.09. The fraction of sp³-hybridized carbons (Fsp3) is 0. The first-order valence-electron chi connectivity index (χ1n) is 7.59. The van der Waals surface area contributed by atoms with Gasteiger partial charge in [-0.1, -0.05) is 41.9 Å². The van der Waals surface area contributed by atoms with Gasteiger partial charge in [-0.3, -0.25) is 0 Å². The predicted octanol–water partition coefficient (Wildman–Crippen LogP) is 5.37. The summed E-state index contributed by atoms with van der Waals surface area (Å²) in [4.78, 5) is 22.1. The Labute approximate surface area is 168 Å². The van der Waals surface area contributed by atoms with Crippen LogP contribution < -0.4 is 10.9 Å². The lowest BCUT2D eigenvalue weighted by Crippen LogP contribution is -1.99. The lowest BCUT2D eigenvalue weighted by molar-refractivity contribution is 0.561. The number of fused-ring (bicyclic) bond motifs is 1. The van der Waals surface area contributed by atoms with E-state index in [9.17, 15) is 4.79 Å². The Morgan fingerprint density at radius 2 is 1.44 bits per heavy atom. The fourth-order valence-electron chi connectivity index (χ4n) is 2.08. The standard InChI is InChI=1S/C9H5Cl3N4.C9H6O2/c10-5-3-1-2-4-6(5)13-9-15-7(11)14-8(12)16-9;10-9-6-5-7-3-1-2-4-8(7)11-9/h1-4H,(H,13,14,15,16);1-6H. The van der Waals surface area contributed by atoms with Crippen molar-refractivity contribution >= 4 is 57.4 Å². The summed E-state index contributed by atoms with van der Waals surface area (Å²) in [7, 11) is 0. The molecule has 0 spiro atoms. The van der Waals surface area contributed by atoms with E-state index in [1.54, 1.807) is 24.3 Å². The third kappa shape index (κ3) is 5.40. The molecule has 1 N–H and O–H groups in total. The van der Waals surface area contributed by atoms with Gasteiger partial charge >= 0.3 is 5.63 Å². The number of hydrogen-bond acceptors (Lipinski definition) is 6. The molecule has 2 aromatic carbocycles. The highest BCUT2D eigenvalue weighted by molar-refractivity contribution is 6.33. The zero-order valence-corrected chi connectivity index (χ0v) is 15.8. The summed E-state index contributed by atoms with van der Waals surface area (Å²) in [5.74, 6) is 0.248. The van der Waals surface area contributed by atoms with Gasteiger partial charge < -0.3 is 9.73 Å². The zero-order valence-electron chi connectivity index (χ0n) is 13.6. The molecule has 0 fully saturated rings. The normalized spacial score (nSPS) is 10.2. The Kier molecular flexibility index (Phi) is 6.24. The first-order chi connectivity index (χ1) is 13.0. The maximum atomic E-state index is 10.7. The molecule has 0 aliphatic rings. The molecule has 0 radical (unpaired) electrons. The maximum Gasteiger partial charge on any atom is 0.336 e. The summed E-state index contributed by atoms with van der Waals surface area (Å²) in [6, 6.07) is 17.8. The quantitative estimate of drug-likeness (QED) is 0.438. The van der Waals surface area contributed by atoms with Crippen LogP contribution >= 0.6 is 34.8 Å². The van der Waals surface area contributed by atoms with Crippen molar-refractivity contribution in [2.24, 2.45) is 0 Å². The molecule has 6 nitrogen and oxygen atoms in total. The van der Waals surface area contributed by atoms with Crippen molar-refractivity contribution in [3.05, 3.63) is 86.7 Å². The Bertz CT molecular complexity index is 1110. The van der Waals surface area contributed by atoms with E-state index in [4.69, 9.17) is 39.2 Å². The summed E-state index contributed by atoms with van der Waals surface area (Å²) in [5, 5.41) is 4.44. The van der Waals surface area contributed by atoms with Crippen LogP contribution in [-0.4, -0.2) is 15.0 Å². The van der Waals surface area contributed by atoms with E-state index in [0.717, 1.165) is 5.39 Å². The SMILES string of the molecule is Clc1nc(Cl)nc(Nc2ccccc2Cl)n1.O=c1ccc2ccccc2o1. The lowest BCUT2D eigenvalue weighted by atomic mass is 10.2. The van der Waals surface area contributed by atoms with E-state index in [2.05, 4.69) is 20.3 Å². The molecule has 9 heteroatoms. The molecular formula is C18H11Cl3N4O2. The van der Waals surface area contributed by atoms with Gasteiger partial charge in [0, 0.05) is 11.5 Å². The number of anilines is 2. The van der Waals surface area contributed by atoms with Gasteiger partial charge in [0.05, 0.1) is 10.7 Å². The first kappa shape index (κ1) is 19.1. The van der Waals surface area contributed by atoms with Gasteiger partial charge in [0.1, 0.15) is 5.58 Å². The van der Waals surface area contributed by atoms with Crippen LogP contribution in [0.4, 0.5) is 11.6 Å². The van der Waals surface area contributed by atoms with Crippen molar-refractivity contribution in [3.63, 3.8) is 0 Å². The second-order valence-corrected chi connectivity index (χ2v) is 6.18. The van der Waals surface area contributed by atoms with Crippen LogP contribution in [0.2, 0.25) is 15.6 Å². The van der Waals surface area contributed by atoms with E-state index >= 15 is 0 Å². The second kappa shape index (κ2) is 8.81. The molecule has 0 unspecified atom stereocenters. The van der Waals surface area contributed by atoms with Crippen LogP contribution in [0.5, 0.6) is 0 Å². The summed E-state index contributed by atoms with van der Waals surface area (Å²) in [5.41, 5.74) is 1.01.